The molecule has 6 heteroatoms. The number of hydrogen-bond donors (Lipinski definition) is 0. The lowest BCUT2D eigenvalue weighted by atomic mass is 10.0. The Bertz CT molecular complexity index is 646. The first kappa shape index (κ1) is 13.7. The molecule has 0 saturated carbocycles. The topological polar surface area (TPSA) is 72.1 Å². The monoisotopic (exact) mass is 286 g/mol. The fraction of sp³-hybridized carbons (Fsp3) is 0.467. The Kier molecular flexibility index (Phi) is 3.68. The average molecular weight is 286 g/mol. The van der Waals surface area contributed by atoms with Crippen molar-refractivity contribution in [3.8, 4) is 0 Å². The van der Waals surface area contributed by atoms with E-state index in [1.54, 1.807) is 12.5 Å². The summed E-state index contributed by atoms with van der Waals surface area (Å²) in [6.07, 6.45) is 5.32. The zero-order chi connectivity index (χ0) is 14.8. The van der Waals surface area contributed by atoms with Crippen LogP contribution in [0.2, 0.25) is 0 Å². The van der Waals surface area contributed by atoms with Gasteiger partial charge in [0.05, 0.1) is 11.4 Å². The van der Waals surface area contributed by atoms with Gasteiger partial charge in [-0.05, 0) is 20.3 Å². The van der Waals surface area contributed by atoms with Gasteiger partial charge in [-0.3, -0.25) is 4.79 Å². The molecule has 1 amide bonds. The molecule has 0 unspecified atom stereocenters. The molecule has 0 atom stereocenters. The van der Waals surface area contributed by atoms with E-state index in [1.807, 2.05) is 18.7 Å². The van der Waals surface area contributed by atoms with Crippen molar-refractivity contribution >= 4 is 5.91 Å². The third kappa shape index (κ3) is 2.79. The second kappa shape index (κ2) is 5.63. The molecule has 0 spiro atoms. The number of aryl methyl sites for hydroxylation is 2. The summed E-state index contributed by atoms with van der Waals surface area (Å²) in [7, 11) is 0. The first-order chi connectivity index (χ1) is 10.1. The summed E-state index contributed by atoms with van der Waals surface area (Å²) in [6, 6.07) is 0. The summed E-state index contributed by atoms with van der Waals surface area (Å²) in [6.45, 7) is 5.13. The van der Waals surface area contributed by atoms with Crippen molar-refractivity contribution in [3.05, 3.63) is 40.8 Å². The van der Waals surface area contributed by atoms with Gasteiger partial charge in [-0.15, -0.1) is 0 Å². The van der Waals surface area contributed by atoms with Crippen LogP contribution in [0.3, 0.4) is 0 Å². The lowest BCUT2D eigenvalue weighted by Crippen LogP contribution is -2.36. The molecule has 0 saturated heterocycles. The minimum atomic E-state index is 0.157. The third-order valence-corrected chi connectivity index (χ3v) is 3.98. The quantitative estimate of drug-likeness (QED) is 0.857. The molecule has 1 aliphatic rings. The van der Waals surface area contributed by atoms with E-state index in [9.17, 15) is 4.79 Å². The summed E-state index contributed by atoms with van der Waals surface area (Å²) in [4.78, 5) is 22.5. The Morgan fingerprint density at radius 3 is 3.05 bits per heavy atom. The van der Waals surface area contributed by atoms with E-state index < -0.39 is 0 Å². The molecule has 0 aromatic carbocycles. The Morgan fingerprint density at radius 1 is 1.43 bits per heavy atom. The summed E-state index contributed by atoms with van der Waals surface area (Å²) in [5.74, 6) is 0.960. The SMILES string of the molecule is Cc1noc(C)c1CCC(=O)N1CCc2ncncc2C1. The largest absolute Gasteiger partial charge is 0.361 e. The Morgan fingerprint density at radius 2 is 2.29 bits per heavy atom. The average Bonchev–Trinajstić information content (AvgIpc) is 2.83. The Labute approximate surface area is 123 Å². The van der Waals surface area contributed by atoms with Crippen LogP contribution >= 0.6 is 0 Å². The van der Waals surface area contributed by atoms with Gasteiger partial charge in [0.25, 0.3) is 0 Å². The maximum Gasteiger partial charge on any atom is 0.223 e. The standard InChI is InChI=1S/C15H18N4O2/c1-10-13(11(2)21-18-10)3-4-15(20)19-6-5-14-12(8-19)7-16-9-17-14/h7,9H,3-6,8H2,1-2H3. The van der Waals surface area contributed by atoms with Gasteiger partial charge in [0.2, 0.25) is 5.91 Å². The highest BCUT2D eigenvalue weighted by Gasteiger charge is 2.22. The van der Waals surface area contributed by atoms with Gasteiger partial charge in [0, 0.05) is 43.3 Å². The molecule has 21 heavy (non-hydrogen) atoms. The smallest absolute Gasteiger partial charge is 0.223 e. The molecule has 1 aliphatic heterocycles. The van der Waals surface area contributed by atoms with Crippen LogP contribution in [0.5, 0.6) is 0 Å². The predicted octanol–water partition coefficient (Wildman–Crippen LogP) is 1.60. The number of hydrogen-bond acceptors (Lipinski definition) is 5. The van der Waals surface area contributed by atoms with Gasteiger partial charge in [0.1, 0.15) is 12.1 Å². The van der Waals surface area contributed by atoms with Gasteiger partial charge in [0.15, 0.2) is 0 Å². The molecule has 0 fully saturated rings. The molecule has 2 aromatic heterocycles. The molecule has 0 aliphatic carbocycles. The predicted molar refractivity (Wildman–Crippen MR) is 75.5 cm³/mol. The van der Waals surface area contributed by atoms with Gasteiger partial charge in [-0.25, -0.2) is 9.97 Å². The molecule has 0 bridgehead atoms. The van der Waals surface area contributed by atoms with Crippen LogP contribution in [-0.4, -0.2) is 32.5 Å². The number of carbonyl (C=O) groups excluding carboxylic acids is 1. The van der Waals surface area contributed by atoms with Gasteiger partial charge in [-0.1, -0.05) is 5.16 Å². The van der Waals surface area contributed by atoms with Crippen molar-refractivity contribution in [2.24, 2.45) is 0 Å². The number of fused-ring (bicyclic) bond motifs is 1. The van der Waals surface area contributed by atoms with Gasteiger partial charge < -0.3 is 9.42 Å². The molecule has 6 nitrogen and oxygen atoms in total. The number of aromatic nitrogens is 3. The van der Waals surface area contributed by atoms with Crippen LogP contribution in [0.4, 0.5) is 0 Å². The second-order valence-electron chi connectivity index (χ2n) is 5.36. The molecule has 3 heterocycles. The maximum absolute atomic E-state index is 12.4. The molecule has 3 rings (SSSR count). The second-order valence-corrected chi connectivity index (χ2v) is 5.36. The van der Waals surface area contributed by atoms with E-state index in [1.165, 1.54) is 0 Å². The van der Waals surface area contributed by atoms with Gasteiger partial charge >= 0.3 is 0 Å². The minimum Gasteiger partial charge on any atom is -0.361 e. The zero-order valence-corrected chi connectivity index (χ0v) is 12.3. The van der Waals surface area contributed by atoms with Crippen LogP contribution in [0.25, 0.3) is 0 Å². The number of rotatable bonds is 3. The lowest BCUT2D eigenvalue weighted by Gasteiger charge is -2.27. The molecule has 0 N–H and O–H groups in total. The Hall–Kier alpha value is -2.24. The van der Waals surface area contributed by atoms with Crippen LogP contribution in [-0.2, 0) is 24.2 Å². The highest BCUT2D eigenvalue weighted by molar-refractivity contribution is 5.76. The summed E-state index contributed by atoms with van der Waals surface area (Å²) < 4.78 is 5.13. The molecule has 110 valence electrons. The third-order valence-electron chi connectivity index (χ3n) is 3.98. The number of nitrogens with zero attached hydrogens (tertiary/aromatic N) is 4. The summed E-state index contributed by atoms with van der Waals surface area (Å²) in [5.41, 5.74) is 4.02. The normalized spacial score (nSPS) is 14.1. The number of carbonyl (C=O) groups is 1. The van der Waals surface area contributed by atoms with E-state index in [-0.39, 0.29) is 5.91 Å². The fourth-order valence-electron chi connectivity index (χ4n) is 2.73. The fourth-order valence-corrected chi connectivity index (χ4v) is 2.73. The van der Waals surface area contributed by atoms with E-state index in [4.69, 9.17) is 4.52 Å². The van der Waals surface area contributed by atoms with E-state index in [0.29, 0.717) is 19.4 Å². The van der Waals surface area contributed by atoms with E-state index in [0.717, 1.165) is 41.2 Å². The van der Waals surface area contributed by atoms with Crippen molar-refractivity contribution in [2.75, 3.05) is 6.54 Å². The Balaban J connectivity index is 1.62. The zero-order valence-electron chi connectivity index (χ0n) is 12.3. The first-order valence-corrected chi connectivity index (χ1v) is 7.12. The molecular weight excluding hydrogens is 268 g/mol. The van der Waals surface area contributed by atoms with Crippen molar-refractivity contribution in [2.45, 2.75) is 39.7 Å². The summed E-state index contributed by atoms with van der Waals surface area (Å²) >= 11 is 0. The highest BCUT2D eigenvalue weighted by atomic mass is 16.5. The van der Waals surface area contributed by atoms with Crippen molar-refractivity contribution in [1.82, 2.24) is 20.0 Å². The summed E-state index contributed by atoms with van der Waals surface area (Å²) in [5, 5.41) is 3.92. The lowest BCUT2D eigenvalue weighted by molar-refractivity contribution is -0.132. The van der Waals surface area contributed by atoms with Crippen molar-refractivity contribution in [1.29, 1.82) is 0 Å². The van der Waals surface area contributed by atoms with E-state index in [2.05, 4.69) is 15.1 Å². The first-order valence-electron chi connectivity index (χ1n) is 7.12. The maximum atomic E-state index is 12.4. The van der Waals surface area contributed by atoms with Crippen LogP contribution in [0, 0.1) is 13.8 Å². The minimum absolute atomic E-state index is 0.157. The molecular formula is C15H18N4O2. The highest BCUT2D eigenvalue weighted by Crippen LogP contribution is 2.18. The molecule has 2 aromatic rings. The van der Waals surface area contributed by atoms with Crippen LogP contribution in [0.1, 0.15) is 34.7 Å². The molecule has 0 radical (unpaired) electrons. The van der Waals surface area contributed by atoms with Gasteiger partial charge in [-0.2, -0.15) is 0 Å². The van der Waals surface area contributed by atoms with Crippen molar-refractivity contribution in [3.63, 3.8) is 0 Å². The van der Waals surface area contributed by atoms with E-state index >= 15 is 0 Å². The van der Waals surface area contributed by atoms with Crippen LogP contribution < -0.4 is 0 Å². The number of amides is 1. The van der Waals surface area contributed by atoms with Crippen LogP contribution in [0.15, 0.2) is 17.0 Å². The van der Waals surface area contributed by atoms with Crippen molar-refractivity contribution < 1.29 is 9.32 Å².